The number of nitrogens with zero attached hydrogens (tertiary/aromatic N) is 4. The Morgan fingerprint density at radius 3 is 2.72 bits per heavy atom. The number of aliphatic hydroxyl groups excluding tert-OH is 1. The number of likely N-dealkylation sites (N-methyl/N-ethyl adjacent to an activating group) is 2. The highest BCUT2D eigenvalue weighted by Gasteiger charge is 2.34. The number of anilines is 1. The van der Waals surface area contributed by atoms with Gasteiger partial charge in [0.25, 0.3) is 0 Å². The van der Waals surface area contributed by atoms with Crippen molar-refractivity contribution in [1.29, 1.82) is 0 Å². The summed E-state index contributed by atoms with van der Waals surface area (Å²) >= 11 is 7.01. The monoisotopic (exact) mass is 537 g/mol. The Kier molecular flexibility index (Phi) is 7.65. The summed E-state index contributed by atoms with van der Waals surface area (Å²) in [6.45, 7) is 0.610. The Hall–Kier alpha value is -2.99. The van der Waals surface area contributed by atoms with Crippen LogP contribution in [-0.2, 0) is 12.6 Å². The summed E-state index contributed by atoms with van der Waals surface area (Å²) in [6, 6.07) is 8.88. The van der Waals surface area contributed by atoms with Crippen LogP contribution in [0.15, 0.2) is 46.6 Å². The Balaban J connectivity index is 1.84. The van der Waals surface area contributed by atoms with Crippen molar-refractivity contribution in [2.24, 2.45) is 10.2 Å². The predicted octanol–water partition coefficient (Wildman–Crippen LogP) is 2.95. The van der Waals surface area contributed by atoms with Crippen LogP contribution < -0.4 is 20.8 Å². The Morgan fingerprint density at radius 2 is 2.00 bits per heavy atom. The molecule has 36 heavy (non-hydrogen) atoms. The minimum atomic E-state index is -4.61. The van der Waals surface area contributed by atoms with Crippen molar-refractivity contribution in [2.45, 2.75) is 18.7 Å². The number of nitrogens with one attached hydrogen (secondary N) is 1. The normalized spacial score (nSPS) is 14.4. The van der Waals surface area contributed by atoms with E-state index in [0.29, 0.717) is 38.3 Å². The van der Waals surface area contributed by atoms with Crippen molar-refractivity contribution in [1.82, 2.24) is 10.3 Å². The molecule has 2 aromatic carbocycles. The summed E-state index contributed by atoms with van der Waals surface area (Å²) in [7, 11) is 3.44. The number of benzene rings is 2. The van der Waals surface area contributed by atoms with Gasteiger partial charge < -0.3 is 20.4 Å². The van der Waals surface area contributed by atoms with E-state index >= 15 is 0 Å². The molecule has 1 atom stereocenters. The molecule has 190 valence electrons. The molecule has 3 N–H and O–H groups in total. The highest BCUT2D eigenvalue weighted by atomic mass is 35.5. The Bertz CT molecular complexity index is 1420. The van der Waals surface area contributed by atoms with E-state index in [1.807, 2.05) is 0 Å². The van der Waals surface area contributed by atoms with E-state index in [0.717, 1.165) is 17.4 Å². The quantitative estimate of drug-likeness (QED) is 0.411. The van der Waals surface area contributed by atoms with Crippen molar-refractivity contribution < 1.29 is 23.4 Å². The lowest BCUT2D eigenvalue weighted by molar-refractivity contribution is -0.138. The summed E-state index contributed by atoms with van der Waals surface area (Å²) in [5, 5.41) is 33.3. The number of alkyl halides is 3. The van der Waals surface area contributed by atoms with E-state index in [2.05, 4.69) is 20.5 Å². The summed E-state index contributed by atoms with van der Waals surface area (Å²) < 4.78 is 41.5. The zero-order valence-electron chi connectivity index (χ0n) is 19.3. The molecule has 1 unspecified atom stereocenters. The summed E-state index contributed by atoms with van der Waals surface area (Å²) in [6.07, 6.45) is -3.87. The molecule has 3 aromatic rings. The van der Waals surface area contributed by atoms with Gasteiger partial charge in [0.1, 0.15) is 0 Å². The van der Waals surface area contributed by atoms with Gasteiger partial charge in [-0.1, -0.05) is 35.1 Å². The zero-order chi connectivity index (χ0) is 26.0. The van der Waals surface area contributed by atoms with E-state index < -0.39 is 17.8 Å². The molecule has 0 fully saturated rings. The molecule has 0 saturated carbocycles. The fourth-order valence-corrected chi connectivity index (χ4v) is 5.08. The second kappa shape index (κ2) is 10.6. The maximum Gasteiger partial charge on any atom is 0.416 e. The van der Waals surface area contributed by atoms with Gasteiger partial charge in [0.05, 0.1) is 28.1 Å². The van der Waals surface area contributed by atoms with Crippen molar-refractivity contribution in [2.75, 3.05) is 32.1 Å². The van der Waals surface area contributed by atoms with E-state index in [9.17, 15) is 23.4 Å². The molecule has 1 aliphatic rings. The zero-order valence-corrected chi connectivity index (χ0v) is 20.9. The van der Waals surface area contributed by atoms with Crippen molar-refractivity contribution in [3.8, 4) is 5.88 Å². The molecule has 0 saturated heterocycles. The van der Waals surface area contributed by atoms with Gasteiger partial charge in [0, 0.05) is 37.1 Å². The topological polar surface area (TPSA) is 93.3 Å². The second-order valence-corrected chi connectivity index (χ2v) is 9.73. The van der Waals surface area contributed by atoms with Gasteiger partial charge in [-0.3, -0.25) is 0 Å². The lowest BCUT2D eigenvalue weighted by atomic mass is 9.96. The van der Waals surface area contributed by atoms with Crippen molar-refractivity contribution >= 4 is 39.9 Å². The van der Waals surface area contributed by atoms with Crippen LogP contribution in [0.5, 0.6) is 5.88 Å². The van der Waals surface area contributed by atoms with Gasteiger partial charge in [-0.15, -0.1) is 0 Å². The smallest absolute Gasteiger partial charge is 0.416 e. The fraction of sp³-hybridized carbons (Fsp3) is 0.292. The maximum atomic E-state index is 13.8. The molecule has 2 heterocycles. The fourth-order valence-electron chi connectivity index (χ4n) is 3.92. The Morgan fingerprint density at radius 1 is 1.22 bits per heavy atom. The summed E-state index contributed by atoms with van der Waals surface area (Å²) in [5.41, 5.74) is 0.333. The number of aromatic hydroxyl groups is 1. The third-order valence-corrected chi connectivity index (χ3v) is 7.06. The van der Waals surface area contributed by atoms with Crippen LogP contribution in [0, 0.1) is 0 Å². The predicted molar refractivity (Wildman–Crippen MR) is 134 cm³/mol. The van der Waals surface area contributed by atoms with Crippen LogP contribution in [-0.4, -0.2) is 54.7 Å². The van der Waals surface area contributed by atoms with Crippen molar-refractivity contribution in [3.63, 3.8) is 0 Å². The van der Waals surface area contributed by atoms with Crippen LogP contribution in [0.25, 0.3) is 5.57 Å². The molecular formula is C24H23ClF3N5O2S. The molecular weight excluding hydrogens is 515 g/mol. The number of hydrogen-bond donors (Lipinski definition) is 3. The lowest BCUT2D eigenvalue weighted by Gasteiger charge is -2.19. The average Bonchev–Trinajstić information content (AvgIpc) is 3.43. The molecule has 4 rings (SSSR count). The van der Waals surface area contributed by atoms with Gasteiger partial charge in [-0.05, 0) is 47.7 Å². The molecule has 7 nitrogen and oxygen atoms in total. The largest absolute Gasteiger partial charge is 0.492 e. The SMILES string of the molecule is CNCC(O)CN(C)c1nc(O)c(C(Cc2ccc(Cl)cc2C(F)(F)F)=c2ccc3c(c2)C=NN=3)s1. The lowest BCUT2D eigenvalue weighted by Crippen LogP contribution is -2.35. The average molecular weight is 538 g/mol. The molecule has 12 heteroatoms. The highest BCUT2D eigenvalue weighted by Crippen LogP contribution is 2.39. The first-order chi connectivity index (χ1) is 17.1. The van der Waals surface area contributed by atoms with Gasteiger partial charge in [-0.2, -0.15) is 28.4 Å². The Labute approximate surface area is 213 Å². The molecule has 0 aliphatic carbocycles. The van der Waals surface area contributed by atoms with Gasteiger partial charge in [0.15, 0.2) is 5.13 Å². The van der Waals surface area contributed by atoms with Crippen LogP contribution in [0.3, 0.4) is 0 Å². The van der Waals surface area contributed by atoms with E-state index in [4.69, 9.17) is 11.6 Å². The van der Waals surface area contributed by atoms with Gasteiger partial charge in [-0.25, -0.2) is 0 Å². The number of halogens is 4. The van der Waals surface area contributed by atoms with Crippen LogP contribution in [0.1, 0.15) is 21.6 Å². The molecule has 0 radical (unpaired) electrons. The van der Waals surface area contributed by atoms with Crippen LogP contribution in [0.2, 0.25) is 5.02 Å². The molecule has 0 spiro atoms. The van der Waals surface area contributed by atoms with Gasteiger partial charge >= 0.3 is 6.18 Å². The van der Waals surface area contributed by atoms with Gasteiger partial charge in [0.2, 0.25) is 5.88 Å². The van der Waals surface area contributed by atoms with E-state index in [1.165, 1.54) is 12.1 Å². The second-order valence-electron chi connectivity index (χ2n) is 8.31. The maximum absolute atomic E-state index is 13.8. The van der Waals surface area contributed by atoms with Crippen molar-refractivity contribution in [3.05, 3.63) is 73.6 Å². The first-order valence-corrected chi connectivity index (χ1v) is 12.1. The minimum absolute atomic E-state index is 0.00731. The number of fused-ring (bicyclic) bond motifs is 1. The van der Waals surface area contributed by atoms with Crippen LogP contribution in [0.4, 0.5) is 18.3 Å². The van der Waals surface area contributed by atoms with E-state index in [1.54, 1.807) is 43.4 Å². The molecule has 0 amide bonds. The molecule has 0 bridgehead atoms. The number of aromatic nitrogens is 1. The summed E-state index contributed by atoms with van der Waals surface area (Å²) in [5.74, 6) is -0.304. The number of thiazole rings is 1. The highest BCUT2D eigenvalue weighted by molar-refractivity contribution is 7.17. The summed E-state index contributed by atoms with van der Waals surface area (Å²) in [4.78, 5) is 6.24. The van der Waals surface area contributed by atoms with Crippen LogP contribution >= 0.6 is 22.9 Å². The minimum Gasteiger partial charge on any atom is -0.492 e. The first kappa shape index (κ1) is 26.1. The molecule has 1 aliphatic heterocycles. The van der Waals surface area contributed by atoms with E-state index in [-0.39, 0.29) is 29.4 Å². The third-order valence-electron chi connectivity index (χ3n) is 5.61. The molecule has 1 aromatic heterocycles. The standard InChI is InChI=1S/C24H23ClF3N5O2S/c1-29-11-17(34)12-33(2)23-31-22(35)21(36-23)18(13-4-6-20-15(7-13)10-30-32-20)8-14-3-5-16(25)9-19(14)24(26,27)28/h3-7,9-10,17,29,34-35H,8,11-12H2,1-2H3. The number of aliphatic hydroxyl groups is 1. The number of rotatable bonds is 8. The first-order valence-electron chi connectivity index (χ1n) is 10.9. The third kappa shape index (κ3) is 5.70. The number of hydrogen-bond acceptors (Lipinski definition) is 8.